The van der Waals surface area contributed by atoms with Crippen molar-refractivity contribution in [3.63, 3.8) is 0 Å². The largest absolute Gasteiger partial charge is 0.315 e. The number of nitrogens with zero attached hydrogens (tertiary/aromatic N) is 1. The first-order chi connectivity index (χ1) is 7.28. The number of nitrogens with one attached hydrogen (secondary N) is 1. The van der Waals surface area contributed by atoms with E-state index in [-0.39, 0.29) is 0 Å². The van der Waals surface area contributed by atoms with Crippen molar-refractivity contribution in [2.75, 3.05) is 32.7 Å². The molecule has 0 aromatic heterocycles. The van der Waals surface area contributed by atoms with E-state index in [4.69, 9.17) is 0 Å². The van der Waals surface area contributed by atoms with Crippen LogP contribution in [0.25, 0.3) is 0 Å². The van der Waals surface area contributed by atoms with Gasteiger partial charge in [0.2, 0.25) is 0 Å². The standard InChI is InChI=1S/C13H30N2/c1-5-10-15(8-4)11-9-14-12-13(6-2)7-3/h13-14H,5-12H2,1-4H3. The molecule has 92 valence electrons. The second kappa shape index (κ2) is 10.4. The molecular formula is C13H30N2. The van der Waals surface area contributed by atoms with Crippen molar-refractivity contribution < 1.29 is 0 Å². The van der Waals surface area contributed by atoms with Crippen LogP contribution in [-0.4, -0.2) is 37.6 Å². The number of rotatable bonds is 10. The van der Waals surface area contributed by atoms with Gasteiger partial charge in [-0.05, 0) is 32.0 Å². The zero-order valence-corrected chi connectivity index (χ0v) is 11.2. The Hall–Kier alpha value is -0.0800. The maximum atomic E-state index is 3.57. The molecule has 0 aromatic carbocycles. The van der Waals surface area contributed by atoms with Crippen LogP contribution >= 0.6 is 0 Å². The lowest BCUT2D eigenvalue weighted by atomic mass is 10.0. The summed E-state index contributed by atoms with van der Waals surface area (Å²) >= 11 is 0. The van der Waals surface area contributed by atoms with Crippen molar-refractivity contribution in [1.82, 2.24) is 10.2 Å². The van der Waals surface area contributed by atoms with Crippen molar-refractivity contribution in [1.29, 1.82) is 0 Å². The van der Waals surface area contributed by atoms with Crippen LogP contribution in [0.4, 0.5) is 0 Å². The molecule has 2 heteroatoms. The van der Waals surface area contributed by atoms with E-state index in [1.807, 2.05) is 0 Å². The van der Waals surface area contributed by atoms with E-state index in [1.54, 1.807) is 0 Å². The quantitative estimate of drug-likeness (QED) is 0.563. The van der Waals surface area contributed by atoms with E-state index < -0.39 is 0 Å². The van der Waals surface area contributed by atoms with Crippen molar-refractivity contribution in [3.8, 4) is 0 Å². The summed E-state index contributed by atoms with van der Waals surface area (Å²) in [7, 11) is 0. The molecule has 0 unspecified atom stereocenters. The molecule has 0 aromatic rings. The SMILES string of the molecule is CCCN(CC)CCNCC(CC)CC. The van der Waals surface area contributed by atoms with Gasteiger partial charge in [0.1, 0.15) is 0 Å². The maximum Gasteiger partial charge on any atom is 0.0107 e. The number of hydrogen-bond donors (Lipinski definition) is 1. The number of hydrogen-bond acceptors (Lipinski definition) is 2. The predicted molar refractivity (Wildman–Crippen MR) is 69.3 cm³/mol. The molecule has 0 aliphatic heterocycles. The summed E-state index contributed by atoms with van der Waals surface area (Å²) in [6.45, 7) is 15.0. The minimum absolute atomic E-state index is 0.867. The highest BCUT2D eigenvalue weighted by atomic mass is 15.1. The smallest absolute Gasteiger partial charge is 0.0107 e. The second-order valence-electron chi connectivity index (χ2n) is 4.32. The molecule has 0 aliphatic carbocycles. The molecule has 0 heterocycles. The van der Waals surface area contributed by atoms with Gasteiger partial charge in [-0.2, -0.15) is 0 Å². The summed E-state index contributed by atoms with van der Waals surface area (Å²) in [4.78, 5) is 2.51. The Labute approximate surface area is 96.4 Å². The van der Waals surface area contributed by atoms with Crippen molar-refractivity contribution in [2.24, 2.45) is 5.92 Å². The normalized spacial score (nSPS) is 11.6. The fourth-order valence-electron chi connectivity index (χ4n) is 1.86. The summed E-state index contributed by atoms with van der Waals surface area (Å²) in [5.74, 6) is 0.867. The summed E-state index contributed by atoms with van der Waals surface area (Å²) in [6.07, 6.45) is 3.87. The second-order valence-corrected chi connectivity index (χ2v) is 4.32. The van der Waals surface area contributed by atoms with Gasteiger partial charge in [-0.25, -0.2) is 0 Å². The molecule has 0 spiro atoms. The van der Waals surface area contributed by atoms with Gasteiger partial charge in [-0.15, -0.1) is 0 Å². The molecule has 2 nitrogen and oxygen atoms in total. The van der Waals surface area contributed by atoms with E-state index in [0.29, 0.717) is 0 Å². The highest BCUT2D eigenvalue weighted by molar-refractivity contribution is 4.61. The van der Waals surface area contributed by atoms with Crippen LogP contribution in [-0.2, 0) is 0 Å². The first kappa shape index (κ1) is 14.9. The fraction of sp³-hybridized carbons (Fsp3) is 1.00. The van der Waals surface area contributed by atoms with E-state index in [9.17, 15) is 0 Å². The lowest BCUT2D eigenvalue weighted by Gasteiger charge is -2.20. The third-order valence-electron chi connectivity index (χ3n) is 3.18. The Morgan fingerprint density at radius 2 is 1.67 bits per heavy atom. The Kier molecular flexibility index (Phi) is 10.4. The van der Waals surface area contributed by atoms with Gasteiger partial charge in [0.15, 0.2) is 0 Å². The van der Waals surface area contributed by atoms with Gasteiger partial charge in [0.25, 0.3) is 0 Å². The zero-order valence-electron chi connectivity index (χ0n) is 11.2. The summed E-state index contributed by atoms with van der Waals surface area (Å²) in [6, 6.07) is 0. The predicted octanol–water partition coefficient (Wildman–Crippen LogP) is 2.74. The first-order valence-electron chi connectivity index (χ1n) is 6.71. The van der Waals surface area contributed by atoms with Crippen molar-refractivity contribution in [3.05, 3.63) is 0 Å². The monoisotopic (exact) mass is 214 g/mol. The van der Waals surface area contributed by atoms with Crippen LogP contribution in [0.5, 0.6) is 0 Å². The Morgan fingerprint density at radius 1 is 1.00 bits per heavy atom. The average Bonchev–Trinajstić information content (AvgIpc) is 2.28. The molecule has 0 rings (SSSR count). The van der Waals surface area contributed by atoms with E-state index in [1.165, 1.54) is 45.4 Å². The van der Waals surface area contributed by atoms with E-state index in [2.05, 4.69) is 37.9 Å². The van der Waals surface area contributed by atoms with Crippen LogP contribution in [0.3, 0.4) is 0 Å². The van der Waals surface area contributed by atoms with Crippen LogP contribution in [0.2, 0.25) is 0 Å². The number of likely N-dealkylation sites (N-methyl/N-ethyl adjacent to an activating group) is 1. The van der Waals surface area contributed by atoms with Crippen molar-refractivity contribution in [2.45, 2.75) is 47.0 Å². The van der Waals surface area contributed by atoms with Crippen molar-refractivity contribution >= 4 is 0 Å². The topological polar surface area (TPSA) is 15.3 Å². The minimum atomic E-state index is 0.867. The van der Waals surface area contributed by atoms with Gasteiger partial charge in [-0.3, -0.25) is 0 Å². The average molecular weight is 214 g/mol. The molecule has 0 saturated carbocycles. The van der Waals surface area contributed by atoms with E-state index >= 15 is 0 Å². The maximum absolute atomic E-state index is 3.57. The van der Waals surface area contributed by atoms with Gasteiger partial charge in [-0.1, -0.05) is 40.5 Å². The zero-order chi connectivity index (χ0) is 11.5. The van der Waals surface area contributed by atoms with Gasteiger partial charge in [0.05, 0.1) is 0 Å². The third-order valence-corrected chi connectivity index (χ3v) is 3.18. The minimum Gasteiger partial charge on any atom is -0.315 e. The van der Waals surface area contributed by atoms with Crippen LogP contribution in [0.15, 0.2) is 0 Å². The van der Waals surface area contributed by atoms with Crippen LogP contribution in [0, 0.1) is 5.92 Å². The van der Waals surface area contributed by atoms with Gasteiger partial charge in [0, 0.05) is 13.1 Å². The fourth-order valence-corrected chi connectivity index (χ4v) is 1.86. The summed E-state index contributed by atoms with van der Waals surface area (Å²) in [5, 5.41) is 3.57. The lowest BCUT2D eigenvalue weighted by molar-refractivity contribution is 0.284. The van der Waals surface area contributed by atoms with Gasteiger partial charge < -0.3 is 10.2 Å². The van der Waals surface area contributed by atoms with Crippen LogP contribution in [0.1, 0.15) is 47.0 Å². The molecule has 0 saturated heterocycles. The molecule has 0 radical (unpaired) electrons. The summed E-state index contributed by atoms with van der Waals surface area (Å²) in [5.41, 5.74) is 0. The molecule has 0 aliphatic rings. The van der Waals surface area contributed by atoms with Crippen LogP contribution < -0.4 is 5.32 Å². The Balaban J connectivity index is 3.42. The molecule has 0 fully saturated rings. The van der Waals surface area contributed by atoms with E-state index in [0.717, 1.165) is 12.5 Å². The summed E-state index contributed by atoms with van der Waals surface area (Å²) < 4.78 is 0. The molecular weight excluding hydrogens is 184 g/mol. The highest BCUT2D eigenvalue weighted by Crippen LogP contribution is 2.04. The molecule has 15 heavy (non-hydrogen) atoms. The molecule has 0 bridgehead atoms. The third kappa shape index (κ3) is 7.80. The lowest BCUT2D eigenvalue weighted by Crippen LogP contribution is -2.34. The highest BCUT2D eigenvalue weighted by Gasteiger charge is 2.03. The Bertz CT molecular complexity index is 122. The molecule has 0 amide bonds. The van der Waals surface area contributed by atoms with Gasteiger partial charge >= 0.3 is 0 Å². The molecule has 1 N–H and O–H groups in total. The Morgan fingerprint density at radius 3 is 2.13 bits per heavy atom. The molecule has 0 atom stereocenters. The first-order valence-corrected chi connectivity index (χ1v) is 6.71.